The third-order valence-corrected chi connectivity index (χ3v) is 13.5. The lowest BCUT2D eigenvalue weighted by atomic mass is 9.95. The predicted octanol–water partition coefficient (Wildman–Crippen LogP) is 7.56. The number of ether oxygens (including phenoxy) is 1. The summed E-state index contributed by atoms with van der Waals surface area (Å²) in [6.45, 7) is 8.07. The van der Waals surface area contributed by atoms with Crippen LogP contribution in [0.5, 0.6) is 0 Å². The van der Waals surface area contributed by atoms with Crippen LogP contribution in [0.25, 0.3) is 44.5 Å². The van der Waals surface area contributed by atoms with Crippen LogP contribution in [0.1, 0.15) is 99.5 Å². The number of carbonyl (C=O) groups is 5. The van der Waals surface area contributed by atoms with Crippen molar-refractivity contribution in [3.05, 3.63) is 83.6 Å². The Balaban J connectivity index is 0.939. The molecule has 4 N–H and O–H groups in total. The van der Waals surface area contributed by atoms with E-state index >= 15 is 0 Å². The molecule has 1 saturated carbocycles. The van der Waals surface area contributed by atoms with Crippen molar-refractivity contribution in [1.29, 1.82) is 0 Å². The van der Waals surface area contributed by atoms with Gasteiger partial charge in [0.1, 0.15) is 23.7 Å². The van der Waals surface area contributed by atoms with E-state index < -0.39 is 24.3 Å². The molecule has 2 aliphatic heterocycles. The number of methoxy groups -OCH3 is 1. The first-order chi connectivity index (χ1) is 29.7. The lowest BCUT2D eigenvalue weighted by molar-refractivity contribution is -0.139. The monoisotopic (exact) mass is 840 g/mol. The first-order valence-electron chi connectivity index (χ1n) is 21.5. The molecular weight excluding hydrogens is 789 g/mol. The van der Waals surface area contributed by atoms with Crippen LogP contribution in [-0.2, 0) is 14.3 Å². The SMILES string of the molecule is COC(=O)N(C)[C@H](C(=O)N1CCC[C@H]1c1ncc(-c2ccc3c(c2)C(=O)c2cc(-c4ccc5nc([C@@H]6[C@H]7CC[C@H](C7)N6C(=O)[C@@H](NC(=O)O)C(C)C)[nH]c5c4)ccc2-3)[nH]1)C(C)C. The molecule has 9 rings (SSSR count). The summed E-state index contributed by atoms with van der Waals surface area (Å²) in [5.41, 5.74) is 7.86. The first kappa shape index (κ1) is 40.9. The number of likely N-dealkylation sites (tertiary alicyclic amines) is 2. The fourth-order valence-corrected chi connectivity index (χ4v) is 10.5. The number of imidazole rings is 2. The van der Waals surface area contributed by atoms with E-state index in [1.54, 1.807) is 18.1 Å². The number of benzene rings is 3. The number of aromatic amines is 2. The minimum Gasteiger partial charge on any atom is -0.465 e. The number of nitrogens with zero attached hydrogens (tertiary/aromatic N) is 5. The van der Waals surface area contributed by atoms with Gasteiger partial charge in [-0.3, -0.25) is 19.3 Å². The maximum atomic E-state index is 14.1. The molecule has 0 radical (unpaired) electrons. The Labute approximate surface area is 359 Å². The van der Waals surface area contributed by atoms with E-state index in [9.17, 15) is 29.1 Å². The number of carboxylic acid groups (broad SMARTS) is 1. The largest absolute Gasteiger partial charge is 0.465 e. The number of likely N-dealkylation sites (N-methyl/N-ethyl adjacent to an activating group) is 1. The number of piperidine rings is 1. The highest BCUT2D eigenvalue weighted by molar-refractivity contribution is 6.22. The molecule has 2 bridgehead atoms. The molecule has 3 fully saturated rings. The van der Waals surface area contributed by atoms with E-state index in [1.807, 2.05) is 87.2 Å². The summed E-state index contributed by atoms with van der Waals surface area (Å²) in [7, 11) is 2.89. The number of rotatable bonds is 10. The second-order valence-corrected chi connectivity index (χ2v) is 17.9. The highest BCUT2D eigenvalue weighted by Gasteiger charge is 2.51. The molecule has 2 saturated heterocycles. The highest BCUT2D eigenvalue weighted by atomic mass is 16.5. The number of fused-ring (bicyclic) bond motifs is 6. The quantitative estimate of drug-likeness (QED) is 0.108. The van der Waals surface area contributed by atoms with Gasteiger partial charge in [-0.25, -0.2) is 19.6 Å². The van der Waals surface area contributed by atoms with Gasteiger partial charge in [-0.05, 0) is 96.4 Å². The molecule has 15 heteroatoms. The second kappa shape index (κ2) is 15.8. The Morgan fingerprint density at radius 3 is 2.24 bits per heavy atom. The van der Waals surface area contributed by atoms with Crippen molar-refractivity contribution in [2.75, 3.05) is 20.7 Å². The molecule has 322 valence electrons. The van der Waals surface area contributed by atoms with E-state index in [-0.39, 0.29) is 53.5 Å². The van der Waals surface area contributed by atoms with E-state index in [2.05, 4.69) is 15.3 Å². The standard InChI is InChI=1S/C47H52N8O7/c1-23(2)38(52-46(59)60)44(57)55-29-13-9-28(18-29)40(55)43-49-34-16-12-26(21-35(34)50-43)25-10-14-30-31-15-11-27(20-33(31)41(56)32(30)19-25)36-22-48-42(51-36)37-8-7-17-54(37)45(58)39(24(3)4)53(5)47(61)62-6/h10-12,14-16,19-24,28-29,37-40,52H,7-9,13,17-18H2,1-6H3,(H,48,51)(H,49,50)(H,59,60)/t28-,29+,37-,38-,39-,40-/m0/s1. The number of hydrogen-bond acceptors (Lipinski definition) is 8. The summed E-state index contributed by atoms with van der Waals surface area (Å²) in [4.78, 5) is 87.5. The predicted molar refractivity (Wildman–Crippen MR) is 231 cm³/mol. The van der Waals surface area contributed by atoms with Crippen LogP contribution in [0.3, 0.4) is 0 Å². The Hall–Kier alpha value is -6.51. The molecule has 2 aromatic heterocycles. The number of amides is 4. The summed E-state index contributed by atoms with van der Waals surface area (Å²) in [5.74, 6) is 0.832. The Morgan fingerprint density at radius 2 is 1.55 bits per heavy atom. The summed E-state index contributed by atoms with van der Waals surface area (Å²) in [6.07, 6.45) is 4.24. The third kappa shape index (κ3) is 6.87. The van der Waals surface area contributed by atoms with Crippen LogP contribution < -0.4 is 5.32 Å². The van der Waals surface area contributed by atoms with Crippen molar-refractivity contribution in [3.8, 4) is 33.5 Å². The topological polar surface area (TPSA) is 194 Å². The van der Waals surface area contributed by atoms with Gasteiger partial charge in [0.2, 0.25) is 11.8 Å². The first-order valence-corrected chi connectivity index (χ1v) is 21.5. The molecule has 4 heterocycles. The van der Waals surface area contributed by atoms with E-state index in [1.165, 1.54) is 12.0 Å². The summed E-state index contributed by atoms with van der Waals surface area (Å²) in [5, 5.41) is 11.9. The van der Waals surface area contributed by atoms with E-state index in [0.717, 1.165) is 76.6 Å². The highest BCUT2D eigenvalue weighted by Crippen LogP contribution is 2.50. The molecule has 0 spiro atoms. The zero-order chi connectivity index (χ0) is 43.7. The molecule has 3 aromatic carbocycles. The van der Waals surface area contributed by atoms with Gasteiger partial charge in [0.05, 0.1) is 42.1 Å². The number of H-pyrrole nitrogens is 2. The zero-order valence-electron chi connectivity index (χ0n) is 35.8. The van der Waals surface area contributed by atoms with Crippen LogP contribution in [-0.4, -0.2) is 108 Å². The lowest BCUT2D eigenvalue weighted by Crippen LogP contribution is -2.53. The smallest absolute Gasteiger partial charge is 0.409 e. The van der Waals surface area contributed by atoms with Crippen LogP contribution in [0.2, 0.25) is 0 Å². The normalized spacial score (nSPS) is 21.1. The summed E-state index contributed by atoms with van der Waals surface area (Å²) >= 11 is 0. The summed E-state index contributed by atoms with van der Waals surface area (Å²) < 4.78 is 4.92. The van der Waals surface area contributed by atoms with Gasteiger partial charge >= 0.3 is 12.2 Å². The molecule has 62 heavy (non-hydrogen) atoms. The van der Waals surface area contributed by atoms with Gasteiger partial charge in [-0.15, -0.1) is 0 Å². The van der Waals surface area contributed by atoms with Crippen LogP contribution in [0.4, 0.5) is 9.59 Å². The lowest BCUT2D eigenvalue weighted by Gasteiger charge is -2.37. The molecule has 4 aliphatic rings. The molecule has 4 amide bonds. The van der Waals surface area contributed by atoms with Gasteiger partial charge in [0.15, 0.2) is 5.78 Å². The van der Waals surface area contributed by atoms with Gasteiger partial charge < -0.3 is 34.9 Å². The number of hydrogen-bond donors (Lipinski definition) is 4. The zero-order valence-corrected chi connectivity index (χ0v) is 35.8. The van der Waals surface area contributed by atoms with Crippen molar-refractivity contribution in [2.45, 2.75) is 90.0 Å². The van der Waals surface area contributed by atoms with Crippen LogP contribution in [0.15, 0.2) is 60.8 Å². The Morgan fingerprint density at radius 1 is 0.855 bits per heavy atom. The average Bonchev–Trinajstić information content (AvgIpc) is 4.13. The number of nitrogens with one attached hydrogen (secondary N) is 3. The molecule has 5 aromatic rings. The van der Waals surface area contributed by atoms with Crippen molar-refractivity contribution < 1.29 is 33.8 Å². The van der Waals surface area contributed by atoms with Crippen molar-refractivity contribution in [2.24, 2.45) is 17.8 Å². The maximum absolute atomic E-state index is 14.1. The Bertz CT molecular complexity index is 2630. The van der Waals surface area contributed by atoms with Gasteiger partial charge in [0.25, 0.3) is 0 Å². The maximum Gasteiger partial charge on any atom is 0.409 e. The van der Waals surface area contributed by atoms with Gasteiger partial charge in [-0.1, -0.05) is 58.0 Å². The molecule has 6 atom stereocenters. The molecule has 2 aliphatic carbocycles. The van der Waals surface area contributed by atoms with Crippen molar-refractivity contribution in [1.82, 2.24) is 40.0 Å². The average molecular weight is 841 g/mol. The fraction of sp³-hybridized carbons (Fsp3) is 0.426. The van der Waals surface area contributed by atoms with Gasteiger partial charge in [0, 0.05) is 36.3 Å². The van der Waals surface area contributed by atoms with Crippen molar-refractivity contribution >= 4 is 40.8 Å². The number of ketones is 1. The second-order valence-electron chi connectivity index (χ2n) is 17.9. The molecular formula is C47H52N8O7. The molecule has 0 unspecified atom stereocenters. The minimum absolute atomic E-state index is 0.0472. The molecule has 15 nitrogen and oxygen atoms in total. The van der Waals surface area contributed by atoms with Crippen LogP contribution in [0, 0.1) is 17.8 Å². The van der Waals surface area contributed by atoms with Crippen molar-refractivity contribution in [3.63, 3.8) is 0 Å². The van der Waals surface area contributed by atoms with E-state index in [0.29, 0.717) is 29.3 Å². The Kier molecular flexibility index (Phi) is 10.4. The fourth-order valence-electron chi connectivity index (χ4n) is 10.5. The number of aromatic nitrogens is 4. The van der Waals surface area contributed by atoms with Gasteiger partial charge in [-0.2, -0.15) is 0 Å². The van der Waals surface area contributed by atoms with E-state index in [4.69, 9.17) is 14.7 Å². The minimum atomic E-state index is -1.22. The van der Waals surface area contributed by atoms with Crippen LogP contribution >= 0.6 is 0 Å². The third-order valence-electron chi connectivity index (χ3n) is 13.5. The number of carbonyl (C=O) groups excluding carboxylic acids is 4. The summed E-state index contributed by atoms with van der Waals surface area (Å²) in [6, 6.07) is 15.7.